The molecule has 100 valence electrons. The van der Waals surface area contributed by atoms with Crippen LogP contribution in [-0.4, -0.2) is 15.8 Å². The maximum Gasteiger partial charge on any atom is 0.324 e. The quantitative estimate of drug-likeness (QED) is 0.870. The second-order valence-electron chi connectivity index (χ2n) is 4.69. The largest absolute Gasteiger partial charge is 0.324 e. The Hall–Kier alpha value is -2.30. The van der Waals surface area contributed by atoms with Crippen LogP contribution in [0.4, 0.5) is 16.3 Å². The molecule has 1 aromatic carbocycles. The van der Waals surface area contributed by atoms with E-state index in [1.165, 1.54) is 0 Å². The van der Waals surface area contributed by atoms with E-state index in [2.05, 4.69) is 15.7 Å². The summed E-state index contributed by atoms with van der Waals surface area (Å²) in [6.45, 7) is 5.88. The summed E-state index contributed by atoms with van der Waals surface area (Å²) in [5.74, 6) is 0.544. The molecule has 1 heterocycles. The lowest BCUT2D eigenvalue weighted by Crippen LogP contribution is -2.20. The van der Waals surface area contributed by atoms with Gasteiger partial charge in [-0.3, -0.25) is 10.00 Å². The molecule has 2 aromatic rings. The Kier molecular flexibility index (Phi) is 3.55. The highest BCUT2D eigenvalue weighted by molar-refractivity contribution is 5.99. The SMILES string of the molecule is Cc1ccc(C)c(NC(=O)Nc2cc(C)n(C)n2)c1. The number of amides is 2. The zero-order valence-electron chi connectivity index (χ0n) is 11.6. The molecule has 0 fully saturated rings. The molecule has 0 aliphatic rings. The molecule has 0 bridgehead atoms. The van der Waals surface area contributed by atoms with Gasteiger partial charge in [0.2, 0.25) is 0 Å². The number of rotatable bonds is 2. The molecule has 2 N–H and O–H groups in total. The van der Waals surface area contributed by atoms with Gasteiger partial charge in [-0.05, 0) is 38.0 Å². The molecule has 0 saturated heterocycles. The maximum atomic E-state index is 11.9. The van der Waals surface area contributed by atoms with E-state index in [1.807, 2.05) is 52.1 Å². The summed E-state index contributed by atoms with van der Waals surface area (Å²) < 4.78 is 1.72. The highest BCUT2D eigenvalue weighted by atomic mass is 16.2. The Morgan fingerprint density at radius 1 is 1.16 bits per heavy atom. The normalized spacial score (nSPS) is 10.3. The number of carbonyl (C=O) groups is 1. The van der Waals surface area contributed by atoms with Crippen molar-refractivity contribution in [3.63, 3.8) is 0 Å². The van der Waals surface area contributed by atoms with Crippen LogP contribution in [0.3, 0.4) is 0 Å². The number of urea groups is 1. The lowest BCUT2D eigenvalue weighted by molar-refractivity contribution is 0.262. The van der Waals surface area contributed by atoms with Gasteiger partial charge in [-0.15, -0.1) is 0 Å². The van der Waals surface area contributed by atoms with Gasteiger partial charge in [0.25, 0.3) is 0 Å². The van der Waals surface area contributed by atoms with Gasteiger partial charge in [-0.25, -0.2) is 4.79 Å². The molecule has 0 atom stereocenters. The van der Waals surface area contributed by atoms with E-state index < -0.39 is 0 Å². The number of anilines is 2. The zero-order chi connectivity index (χ0) is 14.0. The second kappa shape index (κ2) is 5.14. The van der Waals surface area contributed by atoms with Gasteiger partial charge in [-0.1, -0.05) is 12.1 Å². The van der Waals surface area contributed by atoms with Crippen LogP contribution in [0.25, 0.3) is 0 Å². The molecule has 19 heavy (non-hydrogen) atoms. The van der Waals surface area contributed by atoms with Gasteiger partial charge in [-0.2, -0.15) is 5.10 Å². The predicted molar refractivity (Wildman–Crippen MR) is 76.5 cm³/mol. The van der Waals surface area contributed by atoms with E-state index in [1.54, 1.807) is 4.68 Å². The van der Waals surface area contributed by atoms with Crippen molar-refractivity contribution in [1.82, 2.24) is 9.78 Å². The minimum absolute atomic E-state index is 0.285. The third kappa shape index (κ3) is 3.13. The average molecular weight is 258 g/mol. The first-order chi connectivity index (χ1) is 8.95. The molecular weight excluding hydrogens is 240 g/mol. The summed E-state index contributed by atoms with van der Waals surface area (Å²) in [7, 11) is 1.84. The Morgan fingerprint density at radius 2 is 1.89 bits per heavy atom. The lowest BCUT2D eigenvalue weighted by Gasteiger charge is -2.09. The minimum atomic E-state index is -0.285. The van der Waals surface area contributed by atoms with Gasteiger partial charge in [0.1, 0.15) is 0 Å². The van der Waals surface area contributed by atoms with E-state index in [-0.39, 0.29) is 6.03 Å². The molecule has 2 amide bonds. The highest BCUT2D eigenvalue weighted by Crippen LogP contribution is 2.16. The van der Waals surface area contributed by atoms with Crippen molar-refractivity contribution in [2.75, 3.05) is 10.6 Å². The molecule has 0 saturated carbocycles. The number of carbonyl (C=O) groups excluding carboxylic acids is 1. The Bertz CT molecular complexity index is 596. The first-order valence-corrected chi connectivity index (χ1v) is 6.11. The summed E-state index contributed by atoms with van der Waals surface area (Å²) in [5, 5.41) is 9.72. The van der Waals surface area contributed by atoms with Crippen LogP contribution in [0.15, 0.2) is 24.3 Å². The van der Waals surface area contributed by atoms with Gasteiger partial charge in [0.05, 0.1) is 0 Å². The third-order valence-electron chi connectivity index (χ3n) is 3.00. The lowest BCUT2D eigenvalue weighted by atomic mass is 10.1. The van der Waals surface area contributed by atoms with Crippen molar-refractivity contribution in [1.29, 1.82) is 0 Å². The fourth-order valence-electron chi connectivity index (χ4n) is 1.76. The van der Waals surface area contributed by atoms with Crippen molar-refractivity contribution >= 4 is 17.5 Å². The van der Waals surface area contributed by atoms with Crippen LogP contribution >= 0.6 is 0 Å². The smallest absolute Gasteiger partial charge is 0.307 e. The minimum Gasteiger partial charge on any atom is -0.307 e. The van der Waals surface area contributed by atoms with E-state index in [0.29, 0.717) is 5.82 Å². The van der Waals surface area contributed by atoms with Crippen LogP contribution < -0.4 is 10.6 Å². The molecule has 5 heteroatoms. The first-order valence-electron chi connectivity index (χ1n) is 6.11. The molecule has 0 unspecified atom stereocenters. The number of benzene rings is 1. The average Bonchev–Trinajstić information content (AvgIpc) is 2.63. The summed E-state index contributed by atoms with van der Waals surface area (Å²) >= 11 is 0. The monoisotopic (exact) mass is 258 g/mol. The van der Waals surface area contributed by atoms with Gasteiger partial charge < -0.3 is 5.32 Å². The number of hydrogen-bond donors (Lipinski definition) is 2. The molecule has 5 nitrogen and oxygen atoms in total. The third-order valence-corrected chi connectivity index (χ3v) is 3.00. The summed E-state index contributed by atoms with van der Waals surface area (Å²) in [6, 6.07) is 7.48. The fraction of sp³-hybridized carbons (Fsp3) is 0.286. The van der Waals surface area contributed by atoms with Crippen LogP contribution in [0, 0.1) is 20.8 Å². The number of nitrogens with zero attached hydrogens (tertiary/aromatic N) is 2. The van der Waals surface area contributed by atoms with E-state index in [9.17, 15) is 4.79 Å². The van der Waals surface area contributed by atoms with Crippen molar-refractivity contribution < 1.29 is 4.79 Å². The molecule has 0 radical (unpaired) electrons. The van der Waals surface area contributed by atoms with Crippen molar-refractivity contribution in [2.24, 2.45) is 7.05 Å². The van der Waals surface area contributed by atoms with E-state index in [4.69, 9.17) is 0 Å². The molecule has 0 aliphatic heterocycles. The van der Waals surface area contributed by atoms with Crippen molar-refractivity contribution in [2.45, 2.75) is 20.8 Å². The van der Waals surface area contributed by atoms with Crippen LogP contribution in [0.2, 0.25) is 0 Å². The van der Waals surface area contributed by atoms with E-state index in [0.717, 1.165) is 22.5 Å². The number of aromatic nitrogens is 2. The molecule has 1 aromatic heterocycles. The summed E-state index contributed by atoms with van der Waals surface area (Å²) in [4.78, 5) is 11.9. The van der Waals surface area contributed by atoms with Crippen LogP contribution in [0.1, 0.15) is 16.8 Å². The van der Waals surface area contributed by atoms with Gasteiger partial charge in [0.15, 0.2) is 5.82 Å². The predicted octanol–water partition coefficient (Wildman–Crippen LogP) is 2.99. The number of hydrogen-bond acceptors (Lipinski definition) is 2. The second-order valence-corrected chi connectivity index (χ2v) is 4.69. The Balaban J connectivity index is 2.07. The molecule has 2 rings (SSSR count). The summed E-state index contributed by atoms with van der Waals surface area (Å²) in [6.07, 6.45) is 0. The topological polar surface area (TPSA) is 59.0 Å². The number of aryl methyl sites for hydroxylation is 4. The standard InChI is InChI=1S/C14H18N4O/c1-9-5-6-10(2)12(7-9)15-14(19)16-13-8-11(3)18(4)17-13/h5-8H,1-4H3,(H2,15,16,17,19). The Labute approximate surface area is 112 Å². The van der Waals surface area contributed by atoms with Crippen LogP contribution in [-0.2, 0) is 7.05 Å². The van der Waals surface area contributed by atoms with Crippen molar-refractivity contribution in [3.05, 3.63) is 41.1 Å². The van der Waals surface area contributed by atoms with Crippen LogP contribution in [0.5, 0.6) is 0 Å². The molecular formula is C14H18N4O. The molecule has 0 aliphatic carbocycles. The highest BCUT2D eigenvalue weighted by Gasteiger charge is 2.07. The maximum absolute atomic E-state index is 11.9. The Morgan fingerprint density at radius 3 is 2.53 bits per heavy atom. The zero-order valence-corrected chi connectivity index (χ0v) is 11.6. The van der Waals surface area contributed by atoms with Crippen molar-refractivity contribution in [3.8, 4) is 0 Å². The first kappa shape index (κ1) is 13.1. The number of nitrogens with one attached hydrogen (secondary N) is 2. The van der Waals surface area contributed by atoms with Gasteiger partial charge in [0, 0.05) is 24.5 Å². The van der Waals surface area contributed by atoms with E-state index >= 15 is 0 Å². The summed E-state index contributed by atoms with van der Waals surface area (Å²) in [5.41, 5.74) is 3.93. The van der Waals surface area contributed by atoms with Gasteiger partial charge >= 0.3 is 6.03 Å². The molecule has 0 spiro atoms. The fourth-order valence-corrected chi connectivity index (χ4v) is 1.76.